The number of hydrogen-bond donors (Lipinski definition) is 2. The molecule has 1 amide bonds. The molecule has 0 saturated carbocycles. The number of carbonyl (C=O) groups is 1. The second-order valence-electron chi connectivity index (χ2n) is 6.62. The summed E-state index contributed by atoms with van der Waals surface area (Å²) in [4.78, 5) is 16.8. The molecule has 8 heteroatoms. The number of halogens is 2. The van der Waals surface area contributed by atoms with Crippen molar-refractivity contribution in [1.29, 1.82) is 0 Å². The first-order valence-corrected chi connectivity index (χ1v) is 8.70. The first-order chi connectivity index (χ1) is 12.0. The lowest BCUT2D eigenvalue weighted by Crippen LogP contribution is -2.27. The van der Waals surface area contributed by atoms with Crippen LogP contribution in [0.1, 0.15) is 49.4 Å². The summed E-state index contributed by atoms with van der Waals surface area (Å²) in [5.41, 5.74) is 0.547. The molecule has 1 aromatic carbocycles. The normalized spacial score (nSPS) is 16.0. The number of nitrogens with one attached hydrogen (secondary N) is 2. The van der Waals surface area contributed by atoms with Gasteiger partial charge >= 0.3 is 0 Å². The molecule has 0 bridgehead atoms. The SMILES string of the molecule is CC(CC(=O)Nc1nc(C2CCNCC2)nn1C)c1ccccc1F.Cl. The zero-order valence-electron chi connectivity index (χ0n) is 15.0. The molecule has 1 fully saturated rings. The topological polar surface area (TPSA) is 71.8 Å². The molecule has 0 aliphatic carbocycles. The van der Waals surface area contributed by atoms with E-state index < -0.39 is 0 Å². The molecule has 1 aliphatic rings. The predicted octanol–water partition coefficient (Wildman–Crippen LogP) is 2.98. The van der Waals surface area contributed by atoms with Gasteiger partial charge in [0.25, 0.3) is 0 Å². The van der Waals surface area contributed by atoms with Gasteiger partial charge in [-0.25, -0.2) is 9.07 Å². The Hall–Kier alpha value is -1.99. The standard InChI is InChI=1S/C18H24FN5O.ClH/c1-12(14-5-3-4-6-15(14)19)11-16(25)21-18-22-17(23-24(18)2)13-7-9-20-10-8-13;/h3-6,12-13,20H,7-11H2,1-2H3,(H,21,22,23,25);1H. The summed E-state index contributed by atoms with van der Waals surface area (Å²) in [5.74, 6) is 0.868. The predicted molar refractivity (Wildman–Crippen MR) is 101 cm³/mol. The third-order valence-electron chi connectivity index (χ3n) is 4.66. The van der Waals surface area contributed by atoms with E-state index in [0.29, 0.717) is 17.4 Å². The summed E-state index contributed by atoms with van der Waals surface area (Å²) >= 11 is 0. The van der Waals surface area contributed by atoms with E-state index in [1.807, 2.05) is 6.92 Å². The van der Waals surface area contributed by atoms with Crippen LogP contribution in [0.25, 0.3) is 0 Å². The van der Waals surface area contributed by atoms with Gasteiger partial charge in [-0.05, 0) is 43.5 Å². The molecule has 6 nitrogen and oxygen atoms in total. The molecule has 2 aromatic rings. The molecule has 2 N–H and O–H groups in total. The van der Waals surface area contributed by atoms with Crippen molar-refractivity contribution in [1.82, 2.24) is 20.1 Å². The minimum absolute atomic E-state index is 0. The number of benzene rings is 1. The van der Waals surface area contributed by atoms with Gasteiger partial charge < -0.3 is 5.32 Å². The molecular weight excluding hydrogens is 357 g/mol. The van der Waals surface area contributed by atoms with Crippen molar-refractivity contribution in [3.05, 3.63) is 41.5 Å². The minimum atomic E-state index is -0.283. The lowest BCUT2D eigenvalue weighted by Gasteiger charge is -2.19. The number of hydrogen-bond acceptors (Lipinski definition) is 4. The second kappa shape index (κ2) is 9.09. The number of aryl methyl sites for hydroxylation is 1. The van der Waals surface area contributed by atoms with Crippen LogP contribution in [0.3, 0.4) is 0 Å². The van der Waals surface area contributed by atoms with E-state index in [-0.39, 0.29) is 36.5 Å². The van der Waals surface area contributed by atoms with Crippen LogP contribution in [0.2, 0.25) is 0 Å². The van der Waals surface area contributed by atoms with Crippen LogP contribution in [-0.2, 0) is 11.8 Å². The monoisotopic (exact) mass is 381 g/mol. The van der Waals surface area contributed by atoms with Crippen LogP contribution in [0.5, 0.6) is 0 Å². The van der Waals surface area contributed by atoms with E-state index in [9.17, 15) is 9.18 Å². The Morgan fingerprint density at radius 3 is 2.77 bits per heavy atom. The van der Waals surface area contributed by atoms with Crippen molar-refractivity contribution in [3.8, 4) is 0 Å². The van der Waals surface area contributed by atoms with Crippen LogP contribution in [0, 0.1) is 5.82 Å². The van der Waals surface area contributed by atoms with Gasteiger partial charge in [-0.3, -0.25) is 10.1 Å². The third kappa shape index (κ3) is 4.80. The maximum Gasteiger partial charge on any atom is 0.227 e. The number of nitrogens with zero attached hydrogens (tertiary/aromatic N) is 3. The second-order valence-corrected chi connectivity index (χ2v) is 6.62. The van der Waals surface area contributed by atoms with Gasteiger partial charge in [0.2, 0.25) is 11.9 Å². The van der Waals surface area contributed by atoms with E-state index >= 15 is 0 Å². The van der Waals surface area contributed by atoms with Crippen molar-refractivity contribution >= 4 is 24.3 Å². The third-order valence-corrected chi connectivity index (χ3v) is 4.66. The van der Waals surface area contributed by atoms with Crippen molar-refractivity contribution in [3.63, 3.8) is 0 Å². The Kier molecular flexibility index (Phi) is 7.11. The van der Waals surface area contributed by atoms with Crippen molar-refractivity contribution in [2.75, 3.05) is 18.4 Å². The maximum atomic E-state index is 13.8. The zero-order chi connectivity index (χ0) is 17.8. The first kappa shape index (κ1) is 20.3. The Bertz CT molecular complexity index is 745. The van der Waals surface area contributed by atoms with Crippen LogP contribution in [0.15, 0.2) is 24.3 Å². The molecule has 0 radical (unpaired) electrons. The molecule has 1 unspecified atom stereocenters. The molecule has 1 aromatic heterocycles. The minimum Gasteiger partial charge on any atom is -0.317 e. The summed E-state index contributed by atoms with van der Waals surface area (Å²) in [5, 5.41) is 10.6. The van der Waals surface area contributed by atoms with Crippen LogP contribution < -0.4 is 10.6 Å². The quantitative estimate of drug-likeness (QED) is 0.835. The molecule has 2 heterocycles. The highest BCUT2D eigenvalue weighted by atomic mass is 35.5. The van der Waals surface area contributed by atoms with Gasteiger partial charge in [0.1, 0.15) is 5.82 Å². The van der Waals surface area contributed by atoms with Crippen molar-refractivity contribution in [2.45, 2.75) is 38.0 Å². The fraction of sp³-hybridized carbons (Fsp3) is 0.500. The van der Waals surface area contributed by atoms with E-state index in [1.165, 1.54) is 6.07 Å². The molecular formula is C18H25ClFN5O. The van der Waals surface area contributed by atoms with Crippen LogP contribution in [-0.4, -0.2) is 33.8 Å². The van der Waals surface area contributed by atoms with Gasteiger partial charge in [0.05, 0.1) is 0 Å². The fourth-order valence-corrected chi connectivity index (χ4v) is 3.20. The highest BCUT2D eigenvalue weighted by Gasteiger charge is 2.22. The summed E-state index contributed by atoms with van der Waals surface area (Å²) in [7, 11) is 1.77. The van der Waals surface area contributed by atoms with E-state index in [0.717, 1.165) is 31.8 Å². The molecule has 3 rings (SSSR count). The average Bonchev–Trinajstić information content (AvgIpc) is 2.96. The molecule has 26 heavy (non-hydrogen) atoms. The van der Waals surface area contributed by atoms with Gasteiger partial charge in [0.15, 0.2) is 5.82 Å². The van der Waals surface area contributed by atoms with Crippen molar-refractivity contribution in [2.24, 2.45) is 7.05 Å². The smallest absolute Gasteiger partial charge is 0.227 e. The largest absolute Gasteiger partial charge is 0.317 e. The van der Waals surface area contributed by atoms with Gasteiger partial charge in [-0.1, -0.05) is 25.1 Å². The lowest BCUT2D eigenvalue weighted by atomic mass is 9.97. The summed E-state index contributed by atoms with van der Waals surface area (Å²) in [6, 6.07) is 6.55. The fourth-order valence-electron chi connectivity index (χ4n) is 3.20. The van der Waals surface area contributed by atoms with E-state index in [4.69, 9.17) is 0 Å². The van der Waals surface area contributed by atoms with E-state index in [1.54, 1.807) is 29.9 Å². The molecule has 1 saturated heterocycles. The lowest BCUT2D eigenvalue weighted by molar-refractivity contribution is -0.116. The average molecular weight is 382 g/mol. The molecule has 0 spiro atoms. The summed E-state index contributed by atoms with van der Waals surface area (Å²) in [6.07, 6.45) is 2.19. The number of aromatic nitrogens is 3. The number of rotatable bonds is 5. The Labute approximate surface area is 159 Å². The highest BCUT2D eigenvalue weighted by molar-refractivity contribution is 5.89. The summed E-state index contributed by atoms with van der Waals surface area (Å²) < 4.78 is 15.4. The van der Waals surface area contributed by atoms with E-state index in [2.05, 4.69) is 20.7 Å². The van der Waals surface area contributed by atoms with Gasteiger partial charge in [0, 0.05) is 19.4 Å². The molecule has 1 aliphatic heterocycles. The Morgan fingerprint density at radius 2 is 2.08 bits per heavy atom. The highest BCUT2D eigenvalue weighted by Crippen LogP contribution is 2.24. The van der Waals surface area contributed by atoms with Crippen LogP contribution in [0.4, 0.5) is 10.3 Å². The first-order valence-electron chi connectivity index (χ1n) is 8.70. The van der Waals surface area contributed by atoms with Crippen LogP contribution >= 0.6 is 12.4 Å². The maximum absolute atomic E-state index is 13.8. The summed E-state index contributed by atoms with van der Waals surface area (Å²) in [6.45, 7) is 3.77. The van der Waals surface area contributed by atoms with Crippen molar-refractivity contribution < 1.29 is 9.18 Å². The van der Waals surface area contributed by atoms with Gasteiger partial charge in [-0.15, -0.1) is 12.4 Å². The molecule has 142 valence electrons. The van der Waals surface area contributed by atoms with Gasteiger partial charge in [-0.2, -0.15) is 10.1 Å². The number of amides is 1. The zero-order valence-corrected chi connectivity index (χ0v) is 15.9. The number of anilines is 1. The molecule has 1 atom stereocenters. The Morgan fingerprint density at radius 1 is 1.38 bits per heavy atom. The Balaban J connectivity index is 0.00000243. The number of piperidine rings is 1. The number of carbonyl (C=O) groups excluding carboxylic acids is 1.